The van der Waals surface area contributed by atoms with E-state index in [-0.39, 0.29) is 5.91 Å². The predicted molar refractivity (Wildman–Crippen MR) is 75.3 cm³/mol. The summed E-state index contributed by atoms with van der Waals surface area (Å²) in [6.07, 6.45) is 2.38. The first kappa shape index (κ1) is 14.0. The van der Waals surface area contributed by atoms with E-state index < -0.39 is 0 Å². The number of hydrogen-bond acceptors (Lipinski definition) is 5. The topological polar surface area (TPSA) is 84.7 Å². The molecule has 0 unspecified atom stereocenters. The molecule has 0 saturated heterocycles. The summed E-state index contributed by atoms with van der Waals surface area (Å²) in [5.74, 6) is 1.24. The molecule has 2 rings (SSSR count). The third-order valence-electron chi connectivity index (χ3n) is 2.97. The maximum absolute atomic E-state index is 12.2. The van der Waals surface area contributed by atoms with Gasteiger partial charge in [-0.25, -0.2) is 4.98 Å². The van der Waals surface area contributed by atoms with Gasteiger partial charge in [0.2, 0.25) is 0 Å². The van der Waals surface area contributed by atoms with Gasteiger partial charge in [0.1, 0.15) is 12.1 Å². The molecule has 0 aliphatic carbocycles. The Morgan fingerprint density at radius 1 is 1.40 bits per heavy atom. The van der Waals surface area contributed by atoms with Gasteiger partial charge >= 0.3 is 0 Å². The fourth-order valence-corrected chi connectivity index (χ4v) is 1.76. The van der Waals surface area contributed by atoms with Crippen molar-refractivity contribution in [2.24, 2.45) is 7.05 Å². The SMILES string of the molecule is CCc1cc(C(=O)NCc2nncn2C)cc(NC)n1. The number of carbonyl (C=O) groups excluding carboxylic acids is 1. The molecule has 0 aliphatic heterocycles. The quantitative estimate of drug-likeness (QED) is 0.840. The molecule has 2 aromatic rings. The van der Waals surface area contributed by atoms with E-state index in [2.05, 4.69) is 25.8 Å². The predicted octanol–water partition coefficient (Wildman–Crippen LogP) is 0.744. The summed E-state index contributed by atoms with van der Waals surface area (Å²) < 4.78 is 1.77. The largest absolute Gasteiger partial charge is 0.373 e. The number of anilines is 1. The van der Waals surface area contributed by atoms with Gasteiger partial charge < -0.3 is 15.2 Å². The van der Waals surface area contributed by atoms with Crippen molar-refractivity contribution in [1.29, 1.82) is 0 Å². The molecule has 2 heterocycles. The molecule has 0 bridgehead atoms. The Hall–Kier alpha value is -2.44. The number of nitrogens with zero attached hydrogens (tertiary/aromatic N) is 4. The smallest absolute Gasteiger partial charge is 0.251 e. The van der Waals surface area contributed by atoms with Crippen molar-refractivity contribution in [3.63, 3.8) is 0 Å². The second kappa shape index (κ2) is 6.14. The van der Waals surface area contributed by atoms with Gasteiger partial charge in [-0.1, -0.05) is 6.92 Å². The van der Waals surface area contributed by atoms with E-state index >= 15 is 0 Å². The molecule has 7 nitrogen and oxygen atoms in total. The Kier molecular flexibility index (Phi) is 4.29. The highest BCUT2D eigenvalue weighted by atomic mass is 16.1. The van der Waals surface area contributed by atoms with Crippen molar-refractivity contribution in [1.82, 2.24) is 25.1 Å². The number of nitrogens with one attached hydrogen (secondary N) is 2. The van der Waals surface area contributed by atoms with Crippen LogP contribution in [-0.4, -0.2) is 32.7 Å². The number of aryl methyl sites for hydroxylation is 2. The van der Waals surface area contributed by atoms with Crippen LogP contribution in [0.2, 0.25) is 0 Å². The zero-order chi connectivity index (χ0) is 14.5. The number of pyridine rings is 1. The molecule has 0 aliphatic rings. The van der Waals surface area contributed by atoms with Crippen LogP contribution in [-0.2, 0) is 20.0 Å². The molecule has 0 spiro atoms. The Morgan fingerprint density at radius 3 is 2.80 bits per heavy atom. The Morgan fingerprint density at radius 2 is 2.20 bits per heavy atom. The van der Waals surface area contributed by atoms with Crippen LogP contribution in [0.3, 0.4) is 0 Å². The summed E-state index contributed by atoms with van der Waals surface area (Å²) in [7, 11) is 3.62. The minimum absolute atomic E-state index is 0.151. The number of hydrogen-bond donors (Lipinski definition) is 2. The Balaban J connectivity index is 2.10. The highest BCUT2D eigenvalue weighted by Crippen LogP contribution is 2.11. The van der Waals surface area contributed by atoms with E-state index in [4.69, 9.17) is 0 Å². The lowest BCUT2D eigenvalue weighted by molar-refractivity contribution is 0.0949. The van der Waals surface area contributed by atoms with Crippen molar-refractivity contribution >= 4 is 11.7 Å². The van der Waals surface area contributed by atoms with E-state index in [9.17, 15) is 4.79 Å². The van der Waals surface area contributed by atoms with E-state index in [1.54, 1.807) is 30.1 Å². The number of aromatic nitrogens is 4. The van der Waals surface area contributed by atoms with Crippen LogP contribution in [0.5, 0.6) is 0 Å². The summed E-state index contributed by atoms with van der Waals surface area (Å²) in [6, 6.07) is 3.53. The molecule has 106 valence electrons. The summed E-state index contributed by atoms with van der Waals surface area (Å²) in [6.45, 7) is 2.34. The zero-order valence-electron chi connectivity index (χ0n) is 11.8. The first-order valence-electron chi connectivity index (χ1n) is 6.43. The van der Waals surface area contributed by atoms with Crippen LogP contribution in [0.1, 0.15) is 28.8 Å². The van der Waals surface area contributed by atoms with Gasteiger partial charge in [0.05, 0.1) is 6.54 Å². The van der Waals surface area contributed by atoms with E-state index in [0.717, 1.165) is 12.1 Å². The van der Waals surface area contributed by atoms with Crippen molar-refractivity contribution in [2.45, 2.75) is 19.9 Å². The van der Waals surface area contributed by atoms with Crippen LogP contribution in [0.4, 0.5) is 5.82 Å². The first-order chi connectivity index (χ1) is 9.63. The molecule has 2 aromatic heterocycles. The average molecular weight is 274 g/mol. The van der Waals surface area contributed by atoms with E-state index in [1.165, 1.54) is 0 Å². The molecule has 2 N–H and O–H groups in total. The second-order valence-corrected chi connectivity index (χ2v) is 4.38. The van der Waals surface area contributed by atoms with Crippen molar-refractivity contribution in [2.75, 3.05) is 12.4 Å². The van der Waals surface area contributed by atoms with Gasteiger partial charge in [0.15, 0.2) is 5.82 Å². The molecule has 0 saturated carbocycles. The van der Waals surface area contributed by atoms with Gasteiger partial charge in [0.25, 0.3) is 5.91 Å². The minimum Gasteiger partial charge on any atom is -0.373 e. The Bertz CT molecular complexity index is 584. The molecule has 0 fully saturated rings. The fraction of sp³-hybridized carbons (Fsp3) is 0.385. The highest BCUT2D eigenvalue weighted by Gasteiger charge is 2.10. The van der Waals surface area contributed by atoms with Crippen molar-refractivity contribution < 1.29 is 4.79 Å². The third kappa shape index (κ3) is 3.11. The van der Waals surface area contributed by atoms with Crippen LogP contribution < -0.4 is 10.6 Å². The van der Waals surface area contributed by atoms with Crippen LogP contribution in [0.15, 0.2) is 18.5 Å². The standard InChI is InChI=1S/C13H18N6O/c1-4-10-5-9(6-11(14-2)17-10)13(20)15-7-12-18-16-8-19(12)3/h5-6,8H,4,7H2,1-3H3,(H,14,17)(H,15,20). The molecule has 0 atom stereocenters. The van der Waals surface area contributed by atoms with Crippen molar-refractivity contribution in [3.8, 4) is 0 Å². The molecule has 20 heavy (non-hydrogen) atoms. The van der Waals surface area contributed by atoms with Gasteiger partial charge in [0, 0.05) is 25.4 Å². The minimum atomic E-state index is -0.151. The number of rotatable bonds is 5. The van der Waals surface area contributed by atoms with Crippen LogP contribution in [0.25, 0.3) is 0 Å². The summed E-state index contributed by atoms with van der Waals surface area (Å²) in [5.41, 5.74) is 1.46. The van der Waals surface area contributed by atoms with Gasteiger partial charge in [-0.15, -0.1) is 10.2 Å². The lowest BCUT2D eigenvalue weighted by Crippen LogP contribution is -2.24. The molecule has 0 aromatic carbocycles. The number of amides is 1. The van der Waals surface area contributed by atoms with Crippen molar-refractivity contribution in [3.05, 3.63) is 35.5 Å². The normalized spacial score (nSPS) is 10.3. The van der Waals surface area contributed by atoms with Gasteiger partial charge in [-0.05, 0) is 18.6 Å². The highest BCUT2D eigenvalue weighted by molar-refractivity contribution is 5.94. The number of carbonyl (C=O) groups is 1. The molecule has 1 amide bonds. The lowest BCUT2D eigenvalue weighted by atomic mass is 10.2. The van der Waals surface area contributed by atoms with Crippen LogP contribution >= 0.6 is 0 Å². The third-order valence-corrected chi connectivity index (χ3v) is 2.97. The molecule has 0 radical (unpaired) electrons. The first-order valence-corrected chi connectivity index (χ1v) is 6.43. The van der Waals surface area contributed by atoms with E-state index in [0.29, 0.717) is 23.8 Å². The maximum atomic E-state index is 12.2. The monoisotopic (exact) mass is 274 g/mol. The molecular formula is C13H18N6O. The lowest BCUT2D eigenvalue weighted by Gasteiger charge is -2.08. The Labute approximate surface area is 117 Å². The molecule has 7 heteroatoms. The second-order valence-electron chi connectivity index (χ2n) is 4.38. The average Bonchev–Trinajstić information content (AvgIpc) is 2.89. The van der Waals surface area contributed by atoms with Gasteiger partial charge in [-0.3, -0.25) is 4.79 Å². The zero-order valence-corrected chi connectivity index (χ0v) is 11.8. The summed E-state index contributed by atoms with van der Waals surface area (Å²) in [4.78, 5) is 16.5. The molecular weight excluding hydrogens is 256 g/mol. The maximum Gasteiger partial charge on any atom is 0.251 e. The fourth-order valence-electron chi connectivity index (χ4n) is 1.76. The summed E-state index contributed by atoms with van der Waals surface area (Å²) >= 11 is 0. The van der Waals surface area contributed by atoms with Gasteiger partial charge in [-0.2, -0.15) is 0 Å². The summed E-state index contributed by atoms with van der Waals surface area (Å²) in [5, 5.41) is 13.5. The van der Waals surface area contributed by atoms with Crippen LogP contribution in [0, 0.1) is 0 Å². The van der Waals surface area contributed by atoms with E-state index in [1.807, 2.05) is 14.0 Å².